The van der Waals surface area contributed by atoms with Gasteiger partial charge in [0.05, 0.1) is 12.1 Å². The van der Waals surface area contributed by atoms with Crippen LogP contribution in [0.1, 0.15) is 17.3 Å². The molecular formula is C12H11ClN2O3. The third-order valence-electron chi connectivity index (χ3n) is 2.49. The SMILES string of the molecule is CCOC(=O)c1cn(N)c2ccc(Cl)cc2c1=O. The van der Waals surface area contributed by atoms with Crippen LogP contribution in [0, 0.1) is 0 Å². The van der Waals surface area contributed by atoms with Crippen molar-refractivity contribution in [1.82, 2.24) is 4.68 Å². The fraction of sp³-hybridized carbons (Fsp3) is 0.167. The minimum Gasteiger partial charge on any atom is -0.462 e. The van der Waals surface area contributed by atoms with Gasteiger partial charge in [-0.15, -0.1) is 0 Å². The van der Waals surface area contributed by atoms with Gasteiger partial charge in [-0.2, -0.15) is 0 Å². The topological polar surface area (TPSA) is 74.3 Å². The number of carbonyl (C=O) groups excluding carboxylic acids is 1. The number of benzene rings is 1. The van der Waals surface area contributed by atoms with Crippen LogP contribution in [0.5, 0.6) is 0 Å². The average Bonchev–Trinajstić information content (AvgIpc) is 2.33. The van der Waals surface area contributed by atoms with Crippen molar-refractivity contribution in [3.05, 3.63) is 45.2 Å². The third kappa shape index (κ3) is 2.04. The highest BCUT2D eigenvalue weighted by molar-refractivity contribution is 6.31. The lowest BCUT2D eigenvalue weighted by molar-refractivity contribution is 0.0524. The number of pyridine rings is 1. The Morgan fingerprint density at radius 2 is 2.22 bits per heavy atom. The number of rotatable bonds is 2. The lowest BCUT2D eigenvalue weighted by Gasteiger charge is -2.08. The first-order chi connectivity index (χ1) is 8.54. The molecule has 0 aliphatic heterocycles. The maximum Gasteiger partial charge on any atom is 0.343 e. The van der Waals surface area contributed by atoms with E-state index < -0.39 is 11.4 Å². The molecule has 18 heavy (non-hydrogen) atoms. The zero-order valence-corrected chi connectivity index (χ0v) is 10.4. The minimum atomic E-state index is -0.691. The molecule has 2 rings (SSSR count). The van der Waals surface area contributed by atoms with Crippen molar-refractivity contribution in [1.29, 1.82) is 0 Å². The van der Waals surface area contributed by atoms with Gasteiger partial charge in [0, 0.05) is 16.6 Å². The van der Waals surface area contributed by atoms with Crippen LogP contribution in [0.3, 0.4) is 0 Å². The van der Waals surface area contributed by atoms with Gasteiger partial charge in [-0.05, 0) is 25.1 Å². The molecule has 0 amide bonds. The molecule has 1 aromatic carbocycles. The second-order valence-corrected chi connectivity index (χ2v) is 4.10. The van der Waals surface area contributed by atoms with Crippen molar-refractivity contribution >= 4 is 28.5 Å². The summed E-state index contributed by atoms with van der Waals surface area (Å²) in [4.78, 5) is 23.7. The van der Waals surface area contributed by atoms with Crippen LogP contribution in [0.2, 0.25) is 5.02 Å². The van der Waals surface area contributed by atoms with E-state index in [4.69, 9.17) is 22.2 Å². The Bertz CT molecular complexity index is 679. The van der Waals surface area contributed by atoms with E-state index in [1.165, 1.54) is 16.9 Å². The van der Waals surface area contributed by atoms with E-state index in [9.17, 15) is 9.59 Å². The van der Waals surface area contributed by atoms with Crippen LogP contribution in [-0.4, -0.2) is 17.3 Å². The van der Waals surface area contributed by atoms with Gasteiger partial charge in [0.15, 0.2) is 0 Å². The zero-order valence-electron chi connectivity index (χ0n) is 9.64. The number of nitrogens with zero attached hydrogens (tertiary/aromatic N) is 1. The summed E-state index contributed by atoms with van der Waals surface area (Å²) in [6, 6.07) is 4.72. The van der Waals surface area contributed by atoms with Crippen molar-refractivity contribution in [2.75, 3.05) is 12.4 Å². The molecule has 1 heterocycles. The number of ether oxygens (including phenoxy) is 1. The number of aromatic nitrogens is 1. The Morgan fingerprint density at radius 1 is 1.50 bits per heavy atom. The van der Waals surface area contributed by atoms with E-state index in [1.54, 1.807) is 19.1 Å². The molecule has 0 atom stereocenters. The normalized spacial score (nSPS) is 10.6. The summed E-state index contributed by atoms with van der Waals surface area (Å²) < 4.78 is 6.01. The average molecular weight is 267 g/mol. The zero-order chi connectivity index (χ0) is 13.3. The molecule has 6 heteroatoms. The predicted molar refractivity (Wildman–Crippen MR) is 69.3 cm³/mol. The van der Waals surface area contributed by atoms with E-state index >= 15 is 0 Å². The number of fused-ring (bicyclic) bond motifs is 1. The summed E-state index contributed by atoms with van der Waals surface area (Å²) in [5, 5.41) is 0.691. The maximum atomic E-state index is 12.1. The second-order valence-electron chi connectivity index (χ2n) is 3.66. The fourth-order valence-electron chi connectivity index (χ4n) is 1.68. The van der Waals surface area contributed by atoms with E-state index in [0.29, 0.717) is 10.5 Å². The van der Waals surface area contributed by atoms with Crippen molar-refractivity contribution < 1.29 is 9.53 Å². The first-order valence-corrected chi connectivity index (χ1v) is 5.69. The van der Waals surface area contributed by atoms with Gasteiger partial charge < -0.3 is 10.6 Å². The van der Waals surface area contributed by atoms with Gasteiger partial charge in [-0.25, -0.2) is 4.79 Å². The van der Waals surface area contributed by atoms with Crippen LogP contribution in [0.25, 0.3) is 10.9 Å². The molecule has 2 aromatic rings. The lowest BCUT2D eigenvalue weighted by atomic mass is 10.1. The second kappa shape index (κ2) is 4.70. The molecule has 0 saturated heterocycles. The Kier molecular flexibility index (Phi) is 3.25. The van der Waals surface area contributed by atoms with Crippen LogP contribution in [-0.2, 0) is 4.74 Å². The van der Waals surface area contributed by atoms with E-state index in [2.05, 4.69) is 0 Å². The predicted octanol–water partition coefficient (Wildman–Crippen LogP) is 1.55. The standard InChI is InChI=1S/C12H11ClN2O3/c1-2-18-12(17)9-6-15(14)10-4-3-7(13)5-8(10)11(9)16/h3-6H,2,14H2,1H3. The van der Waals surface area contributed by atoms with E-state index in [1.807, 2.05) is 0 Å². The number of hydrogen-bond acceptors (Lipinski definition) is 4. The Labute approximate surface area is 108 Å². The third-order valence-corrected chi connectivity index (χ3v) is 2.72. The van der Waals surface area contributed by atoms with Crippen LogP contribution in [0.15, 0.2) is 29.2 Å². The monoisotopic (exact) mass is 266 g/mol. The van der Waals surface area contributed by atoms with E-state index in [0.717, 1.165) is 0 Å². The lowest BCUT2D eigenvalue weighted by Crippen LogP contribution is -2.23. The number of carbonyl (C=O) groups is 1. The van der Waals surface area contributed by atoms with Crippen molar-refractivity contribution in [3.63, 3.8) is 0 Å². The molecule has 0 aliphatic rings. The Balaban J connectivity index is 2.75. The highest BCUT2D eigenvalue weighted by Gasteiger charge is 2.15. The Hall–Kier alpha value is -2.01. The van der Waals surface area contributed by atoms with Gasteiger partial charge in [-0.1, -0.05) is 11.6 Å². The van der Waals surface area contributed by atoms with Crippen molar-refractivity contribution in [2.45, 2.75) is 6.92 Å². The number of nitrogens with two attached hydrogens (primary N) is 1. The molecule has 1 aromatic heterocycles. The molecule has 0 spiro atoms. The maximum absolute atomic E-state index is 12.1. The molecule has 2 N–H and O–H groups in total. The number of hydrogen-bond donors (Lipinski definition) is 1. The molecule has 0 saturated carbocycles. The Morgan fingerprint density at radius 3 is 2.89 bits per heavy atom. The molecule has 0 aliphatic carbocycles. The van der Waals surface area contributed by atoms with Crippen molar-refractivity contribution in [3.8, 4) is 0 Å². The first kappa shape index (κ1) is 12.4. The molecule has 0 bridgehead atoms. The van der Waals surface area contributed by atoms with E-state index in [-0.39, 0.29) is 17.6 Å². The van der Waals surface area contributed by atoms with Gasteiger partial charge in [0.25, 0.3) is 0 Å². The van der Waals surface area contributed by atoms with Crippen LogP contribution in [0.4, 0.5) is 0 Å². The molecule has 0 radical (unpaired) electrons. The molecule has 94 valence electrons. The van der Waals surface area contributed by atoms with Gasteiger partial charge in [0.1, 0.15) is 5.56 Å². The molecule has 0 unspecified atom stereocenters. The quantitative estimate of drug-likeness (QED) is 0.661. The number of halogens is 1. The minimum absolute atomic E-state index is 0.103. The summed E-state index contributed by atoms with van der Waals surface area (Å²) >= 11 is 5.83. The summed E-state index contributed by atoms with van der Waals surface area (Å²) in [5.41, 5.74) is -0.0424. The largest absolute Gasteiger partial charge is 0.462 e. The molecule has 0 fully saturated rings. The summed E-state index contributed by atoms with van der Waals surface area (Å²) in [6.45, 7) is 1.85. The molecule has 5 nitrogen and oxygen atoms in total. The summed E-state index contributed by atoms with van der Waals surface area (Å²) in [7, 11) is 0. The van der Waals surface area contributed by atoms with Gasteiger partial charge in [-0.3, -0.25) is 9.47 Å². The molecular weight excluding hydrogens is 256 g/mol. The fourth-order valence-corrected chi connectivity index (χ4v) is 1.85. The van der Waals surface area contributed by atoms with Crippen LogP contribution < -0.4 is 11.3 Å². The summed E-state index contributed by atoms with van der Waals surface area (Å²) in [6.07, 6.45) is 1.26. The number of esters is 1. The van der Waals surface area contributed by atoms with Crippen LogP contribution >= 0.6 is 11.6 Å². The van der Waals surface area contributed by atoms with Gasteiger partial charge >= 0.3 is 5.97 Å². The summed E-state index contributed by atoms with van der Waals surface area (Å²) in [5.74, 6) is 5.05. The van der Waals surface area contributed by atoms with Crippen molar-refractivity contribution in [2.24, 2.45) is 0 Å². The number of nitrogen functional groups attached to an aromatic ring is 1. The highest BCUT2D eigenvalue weighted by Crippen LogP contribution is 2.16. The van der Waals surface area contributed by atoms with Gasteiger partial charge in [0.2, 0.25) is 5.43 Å². The first-order valence-electron chi connectivity index (χ1n) is 5.31. The highest BCUT2D eigenvalue weighted by atomic mass is 35.5. The smallest absolute Gasteiger partial charge is 0.343 e.